The lowest BCUT2D eigenvalue weighted by Crippen LogP contribution is -2.06. The summed E-state index contributed by atoms with van der Waals surface area (Å²) in [7, 11) is 1.84. The monoisotopic (exact) mass is 283 g/mol. The lowest BCUT2D eigenvalue weighted by atomic mass is 9.99. The highest BCUT2D eigenvalue weighted by molar-refractivity contribution is 6.31. The molecule has 0 unspecified atom stereocenters. The standard InChI is InChI=1S/C14H12Cl2FN/c1-18-8-9-6-10(15)2-4-12(9)13-5-3-11(16)7-14(13)17/h2-7,18H,8H2,1H3. The van der Waals surface area contributed by atoms with Crippen molar-refractivity contribution in [1.82, 2.24) is 5.32 Å². The molecule has 0 fully saturated rings. The largest absolute Gasteiger partial charge is 0.316 e. The third-order valence-electron chi connectivity index (χ3n) is 2.66. The molecule has 18 heavy (non-hydrogen) atoms. The quantitative estimate of drug-likeness (QED) is 0.873. The van der Waals surface area contributed by atoms with Gasteiger partial charge in [0.1, 0.15) is 5.82 Å². The van der Waals surface area contributed by atoms with Crippen molar-refractivity contribution in [1.29, 1.82) is 0 Å². The maximum Gasteiger partial charge on any atom is 0.132 e. The summed E-state index contributed by atoms with van der Waals surface area (Å²) >= 11 is 11.7. The first-order chi connectivity index (χ1) is 8.61. The van der Waals surface area contributed by atoms with E-state index in [-0.39, 0.29) is 5.82 Å². The Kier molecular flexibility index (Phi) is 4.23. The number of nitrogens with one attached hydrogen (secondary N) is 1. The molecule has 94 valence electrons. The Bertz CT molecular complexity index is 570. The van der Waals surface area contributed by atoms with Crippen molar-refractivity contribution in [2.45, 2.75) is 6.54 Å². The van der Waals surface area contributed by atoms with Gasteiger partial charge in [0.25, 0.3) is 0 Å². The van der Waals surface area contributed by atoms with Gasteiger partial charge < -0.3 is 5.32 Å². The molecule has 0 aliphatic heterocycles. The van der Waals surface area contributed by atoms with E-state index >= 15 is 0 Å². The van der Waals surface area contributed by atoms with Crippen LogP contribution in [0.5, 0.6) is 0 Å². The van der Waals surface area contributed by atoms with Gasteiger partial charge in [0.15, 0.2) is 0 Å². The molecular weight excluding hydrogens is 272 g/mol. The van der Waals surface area contributed by atoms with Crippen molar-refractivity contribution >= 4 is 23.2 Å². The number of benzene rings is 2. The van der Waals surface area contributed by atoms with E-state index in [4.69, 9.17) is 23.2 Å². The topological polar surface area (TPSA) is 12.0 Å². The molecule has 0 aliphatic carbocycles. The van der Waals surface area contributed by atoms with Crippen LogP contribution in [0.4, 0.5) is 4.39 Å². The molecule has 0 aromatic heterocycles. The van der Waals surface area contributed by atoms with Crippen molar-refractivity contribution < 1.29 is 4.39 Å². The van der Waals surface area contributed by atoms with E-state index in [1.54, 1.807) is 18.2 Å². The van der Waals surface area contributed by atoms with Gasteiger partial charge in [-0.05, 0) is 48.5 Å². The van der Waals surface area contributed by atoms with E-state index in [0.717, 1.165) is 11.1 Å². The van der Waals surface area contributed by atoms with E-state index in [1.165, 1.54) is 6.07 Å². The summed E-state index contributed by atoms with van der Waals surface area (Å²) < 4.78 is 13.9. The van der Waals surface area contributed by atoms with Gasteiger partial charge in [0.05, 0.1) is 0 Å². The Morgan fingerprint density at radius 3 is 2.22 bits per heavy atom. The van der Waals surface area contributed by atoms with Crippen LogP contribution in [0, 0.1) is 5.82 Å². The molecule has 0 saturated carbocycles. The van der Waals surface area contributed by atoms with Gasteiger partial charge in [0.2, 0.25) is 0 Å². The molecule has 2 aromatic rings. The Balaban J connectivity index is 2.55. The van der Waals surface area contributed by atoms with Crippen LogP contribution in [-0.4, -0.2) is 7.05 Å². The summed E-state index contributed by atoms with van der Waals surface area (Å²) in [4.78, 5) is 0. The molecule has 0 saturated heterocycles. The maximum absolute atomic E-state index is 13.9. The summed E-state index contributed by atoms with van der Waals surface area (Å²) in [6, 6.07) is 10.1. The summed E-state index contributed by atoms with van der Waals surface area (Å²) in [5.74, 6) is -0.331. The third-order valence-corrected chi connectivity index (χ3v) is 3.13. The predicted octanol–water partition coefficient (Wildman–Crippen LogP) is 4.52. The highest BCUT2D eigenvalue weighted by atomic mass is 35.5. The zero-order chi connectivity index (χ0) is 13.1. The van der Waals surface area contributed by atoms with Gasteiger partial charge in [-0.2, -0.15) is 0 Å². The summed E-state index contributed by atoms with van der Waals surface area (Å²) in [5.41, 5.74) is 2.30. The van der Waals surface area contributed by atoms with Crippen LogP contribution in [0.15, 0.2) is 36.4 Å². The zero-order valence-corrected chi connectivity index (χ0v) is 11.3. The minimum absolute atomic E-state index is 0.331. The van der Waals surface area contributed by atoms with E-state index < -0.39 is 0 Å². The molecular formula is C14H12Cl2FN. The summed E-state index contributed by atoms with van der Waals surface area (Å²) in [6.45, 7) is 0.623. The number of hydrogen-bond donors (Lipinski definition) is 1. The van der Waals surface area contributed by atoms with E-state index in [9.17, 15) is 4.39 Å². The van der Waals surface area contributed by atoms with Crippen LogP contribution in [0.1, 0.15) is 5.56 Å². The normalized spacial score (nSPS) is 10.7. The van der Waals surface area contributed by atoms with Gasteiger partial charge in [-0.25, -0.2) is 4.39 Å². The molecule has 1 nitrogen and oxygen atoms in total. The van der Waals surface area contributed by atoms with Crippen molar-refractivity contribution in [2.75, 3.05) is 7.05 Å². The lowest BCUT2D eigenvalue weighted by molar-refractivity contribution is 0.631. The van der Waals surface area contributed by atoms with E-state index in [0.29, 0.717) is 22.2 Å². The molecule has 0 radical (unpaired) electrons. The van der Waals surface area contributed by atoms with Crippen molar-refractivity contribution in [3.63, 3.8) is 0 Å². The average molecular weight is 284 g/mol. The second-order valence-electron chi connectivity index (χ2n) is 3.96. The van der Waals surface area contributed by atoms with Crippen molar-refractivity contribution in [2.24, 2.45) is 0 Å². The van der Waals surface area contributed by atoms with Crippen LogP contribution in [-0.2, 0) is 6.54 Å². The third kappa shape index (κ3) is 2.83. The van der Waals surface area contributed by atoms with E-state index in [1.807, 2.05) is 19.2 Å². The van der Waals surface area contributed by atoms with Crippen LogP contribution in [0.2, 0.25) is 10.0 Å². The molecule has 0 atom stereocenters. The smallest absolute Gasteiger partial charge is 0.132 e. The molecule has 0 spiro atoms. The van der Waals surface area contributed by atoms with Crippen LogP contribution >= 0.6 is 23.2 Å². The van der Waals surface area contributed by atoms with Gasteiger partial charge >= 0.3 is 0 Å². The van der Waals surface area contributed by atoms with Crippen LogP contribution in [0.3, 0.4) is 0 Å². The molecule has 2 rings (SSSR count). The fourth-order valence-electron chi connectivity index (χ4n) is 1.87. The number of hydrogen-bond acceptors (Lipinski definition) is 1. The Labute approximate surface area is 116 Å². The first-order valence-electron chi connectivity index (χ1n) is 5.50. The Morgan fingerprint density at radius 2 is 1.61 bits per heavy atom. The second-order valence-corrected chi connectivity index (χ2v) is 4.83. The minimum atomic E-state index is -0.331. The fraction of sp³-hybridized carbons (Fsp3) is 0.143. The molecule has 2 aromatic carbocycles. The highest BCUT2D eigenvalue weighted by Gasteiger charge is 2.10. The predicted molar refractivity (Wildman–Crippen MR) is 74.6 cm³/mol. The van der Waals surface area contributed by atoms with E-state index in [2.05, 4.69) is 5.32 Å². The maximum atomic E-state index is 13.9. The van der Waals surface area contributed by atoms with Crippen molar-refractivity contribution in [3.8, 4) is 11.1 Å². The number of halogens is 3. The fourth-order valence-corrected chi connectivity index (χ4v) is 2.22. The van der Waals surface area contributed by atoms with Gasteiger partial charge in [-0.1, -0.05) is 29.3 Å². The lowest BCUT2D eigenvalue weighted by Gasteiger charge is -2.11. The van der Waals surface area contributed by atoms with Gasteiger partial charge in [0, 0.05) is 22.2 Å². The average Bonchev–Trinajstić information content (AvgIpc) is 2.31. The highest BCUT2D eigenvalue weighted by Crippen LogP contribution is 2.30. The van der Waals surface area contributed by atoms with Crippen LogP contribution < -0.4 is 5.32 Å². The van der Waals surface area contributed by atoms with Crippen molar-refractivity contribution in [3.05, 3.63) is 57.8 Å². The molecule has 4 heteroatoms. The minimum Gasteiger partial charge on any atom is -0.316 e. The van der Waals surface area contributed by atoms with Gasteiger partial charge in [-0.3, -0.25) is 0 Å². The SMILES string of the molecule is CNCc1cc(Cl)ccc1-c1ccc(Cl)cc1F. The Hall–Kier alpha value is -1.09. The molecule has 0 heterocycles. The summed E-state index contributed by atoms with van der Waals surface area (Å²) in [5, 5.41) is 4.07. The summed E-state index contributed by atoms with van der Waals surface area (Å²) in [6.07, 6.45) is 0. The first kappa shape index (κ1) is 13.3. The number of rotatable bonds is 3. The zero-order valence-electron chi connectivity index (χ0n) is 9.81. The Morgan fingerprint density at radius 1 is 1.00 bits per heavy atom. The molecule has 0 aliphatic rings. The van der Waals surface area contributed by atoms with Gasteiger partial charge in [-0.15, -0.1) is 0 Å². The second kappa shape index (κ2) is 5.70. The molecule has 0 bridgehead atoms. The first-order valence-corrected chi connectivity index (χ1v) is 6.26. The van der Waals surface area contributed by atoms with Crippen LogP contribution in [0.25, 0.3) is 11.1 Å². The molecule has 1 N–H and O–H groups in total. The molecule has 0 amide bonds.